The lowest BCUT2D eigenvalue weighted by molar-refractivity contribution is 0.122. The van der Waals surface area contributed by atoms with Gasteiger partial charge in [-0.05, 0) is 31.5 Å². The summed E-state index contributed by atoms with van der Waals surface area (Å²) in [6.45, 7) is 0.946. The lowest BCUT2D eigenvalue weighted by atomic mass is 9.99. The number of rotatable bonds is 6. The molecule has 23 heavy (non-hydrogen) atoms. The molecule has 1 aliphatic rings. The molecule has 1 aromatic rings. The van der Waals surface area contributed by atoms with E-state index in [4.69, 9.17) is 4.74 Å². The third-order valence-corrected chi connectivity index (χ3v) is 5.06. The Morgan fingerprint density at radius 3 is 2.57 bits per heavy atom. The molecular weight excluding hydrogens is 357 g/mol. The van der Waals surface area contributed by atoms with Crippen molar-refractivity contribution >= 4 is 22.4 Å². The van der Waals surface area contributed by atoms with Crippen LogP contribution in [0, 0.1) is 17.5 Å². The Bertz CT molecular complexity index is 652. The average Bonchev–Trinajstić information content (AvgIpc) is 2.92. The molecule has 0 amide bonds. The van der Waals surface area contributed by atoms with Gasteiger partial charge < -0.3 is 10.1 Å². The molecule has 1 heterocycles. The fraction of sp³-hybridized carbons (Fsp3) is 0.538. The van der Waals surface area contributed by atoms with Crippen LogP contribution in [-0.2, 0) is 14.8 Å². The van der Waals surface area contributed by atoms with Crippen LogP contribution >= 0.6 is 12.4 Å². The Hall–Kier alpha value is -0.870. The van der Waals surface area contributed by atoms with E-state index in [2.05, 4.69) is 10.0 Å². The molecular formula is C13H18ClF3N2O3S. The van der Waals surface area contributed by atoms with Gasteiger partial charge in [-0.3, -0.25) is 0 Å². The van der Waals surface area contributed by atoms with E-state index in [9.17, 15) is 21.6 Å². The van der Waals surface area contributed by atoms with Crippen LogP contribution in [0.4, 0.5) is 13.2 Å². The molecule has 1 saturated heterocycles. The van der Waals surface area contributed by atoms with Crippen molar-refractivity contribution < 1.29 is 26.3 Å². The van der Waals surface area contributed by atoms with E-state index in [1.807, 2.05) is 0 Å². The predicted molar refractivity (Wildman–Crippen MR) is 80.6 cm³/mol. The van der Waals surface area contributed by atoms with E-state index < -0.39 is 37.9 Å². The van der Waals surface area contributed by atoms with Crippen LogP contribution in [0.3, 0.4) is 0 Å². The van der Waals surface area contributed by atoms with Crippen molar-refractivity contribution in [3.8, 4) is 0 Å². The molecule has 1 aliphatic heterocycles. The van der Waals surface area contributed by atoms with Gasteiger partial charge in [0.1, 0.15) is 4.90 Å². The van der Waals surface area contributed by atoms with Crippen molar-refractivity contribution in [1.82, 2.24) is 10.0 Å². The summed E-state index contributed by atoms with van der Waals surface area (Å²) in [7, 11) is -2.81. The molecule has 1 fully saturated rings. The van der Waals surface area contributed by atoms with Gasteiger partial charge in [-0.1, -0.05) is 0 Å². The zero-order valence-electron chi connectivity index (χ0n) is 12.4. The summed E-state index contributed by atoms with van der Waals surface area (Å²) in [5.41, 5.74) is -0.586. The fourth-order valence-electron chi connectivity index (χ4n) is 2.50. The van der Waals surface area contributed by atoms with Crippen LogP contribution in [0.25, 0.3) is 0 Å². The van der Waals surface area contributed by atoms with Gasteiger partial charge in [0, 0.05) is 13.7 Å². The van der Waals surface area contributed by atoms with Crippen LogP contribution in [0.1, 0.15) is 12.8 Å². The molecule has 10 heteroatoms. The van der Waals surface area contributed by atoms with E-state index in [-0.39, 0.29) is 25.6 Å². The van der Waals surface area contributed by atoms with Gasteiger partial charge in [0.2, 0.25) is 10.0 Å². The van der Waals surface area contributed by atoms with E-state index in [0.29, 0.717) is 25.1 Å². The van der Waals surface area contributed by atoms with Crippen LogP contribution < -0.4 is 10.0 Å². The zero-order chi connectivity index (χ0) is 16.4. The monoisotopic (exact) mass is 374 g/mol. The van der Waals surface area contributed by atoms with Gasteiger partial charge in [-0.15, -0.1) is 12.4 Å². The largest absolute Gasteiger partial charge is 0.383 e. The minimum Gasteiger partial charge on any atom is -0.383 e. The maximum atomic E-state index is 13.6. The van der Waals surface area contributed by atoms with E-state index >= 15 is 0 Å². The number of methoxy groups -OCH3 is 1. The lowest BCUT2D eigenvalue weighted by Gasteiger charge is -2.28. The van der Waals surface area contributed by atoms with E-state index in [1.54, 1.807) is 0 Å². The number of hydrogen-bond acceptors (Lipinski definition) is 4. The Balaban J connectivity index is 0.00000264. The lowest BCUT2D eigenvalue weighted by Crippen LogP contribution is -2.53. The first-order valence-corrected chi connectivity index (χ1v) is 8.17. The quantitative estimate of drug-likeness (QED) is 0.742. The standard InChI is InChI=1S/C13H17F3N2O3S.ClH/c1-21-8-13(5-2-6-17-13)7-18-22(19,20)10-4-3-9(14)11(15)12(10)16;/h3-4,17-18H,2,5-8H2,1H3;1H. The normalized spacial score (nSPS) is 21.2. The Kier molecular flexibility index (Phi) is 6.84. The highest BCUT2D eigenvalue weighted by Gasteiger charge is 2.35. The van der Waals surface area contributed by atoms with Crippen molar-refractivity contribution in [1.29, 1.82) is 0 Å². The summed E-state index contributed by atoms with van der Waals surface area (Å²) >= 11 is 0. The zero-order valence-corrected chi connectivity index (χ0v) is 14.0. The van der Waals surface area contributed by atoms with E-state index in [0.717, 1.165) is 6.42 Å². The molecule has 1 atom stereocenters. The van der Waals surface area contributed by atoms with Gasteiger partial charge in [0.25, 0.3) is 0 Å². The van der Waals surface area contributed by atoms with Crippen LogP contribution in [0.15, 0.2) is 17.0 Å². The first-order chi connectivity index (χ1) is 10.3. The van der Waals surface area contributed by atoms with Crippen LogP contribution in [-0.4, -0.2) is 40.8 Å². The molecule has 1 aromatic carbocycles. The molecule has 2 rings (SSSR count). The number of halogens is 4. The first-order valence-electron chi connectivity index (χ1n) is 6.68. The maximum absolute atomic E-state index is 13.6. The van der Waals surface area contributed by atoms with Gasteiger partial charge in [-0.25, -0.2) is 26.3 Å². The molecule has 0 aromatic heterocycles. The molecule has 0 aliphatic carbocycles. The topological polar surface area (TPSA) is 67.4 Å². The predicted octanol–water partition coefficient (Wildman–Crippen LogP) is 1.57. The second-order valence-electron chi connectivity index (χ2n) is 5.24. The average molecular weight is 375 g/mol. The van der Waals surface area contributed by atoms with Gasteiger partial charge >= 0.3 is 0 Å². The molecule has 1 unspecified atom stereocenters. The highest BCUT2D eigenvalue weighted by atomic mass is 35.5. The molecule has 2 N–H and O–H groups in total. The third-order valence-electron chi connectivity index (χ3n) is 3.64. The number of sulfonamides is 1. The van der Waals surface area contributed by atoms with Gasteiger partial charge in [0.15, 0.2) is 17.5 Å². The highest BCUT2D eigenvalue weighted by molar-refractivity contribution is 7.89. The Morgan fingerprint density at radius 2 is 2.00 bits per heavy atom. The Labute approximate surface area is 139 Å². The van der Waals surface area contributed by atoms with Crippen LogP contribution in [0.2, 0.25) is 0 Å². The summed E-state index contributed by atoms with van der Waals surface area (Å²) in [5, 5.41) is 3.15. The molecule has 0 spiro atoms. The summed E-state index contributed by atoms with van der Waals surface area (Å²) in [6, 6.07) is 1.27. The maximum Gasteiger partial charge on any atom is 0.243 e. The van der Waals surface area contributed by atoms with Crippen molar-refractivity contribution in [2.75, 3.05) is 26.8 Å². The first kappa shape index (κ1) is 20.2. The van der Waals surface area contributed by atoms with Crippen molar-refractivity contribution in [3.63, 3.8) is 0 Å². The molecule has 132 valence electrons. The molecule has 0 bridgehead atoms. The van der Waals surface area contributed by atoms with Gasteiger partial charge in [0.05, 0.1) is 12.1 Å². The smallest absolute Gasteiger partial charge is 0.243 e. The SMILES string of the molecule is COCC1(CNS(=O)(=O)c2ccc(F)c(F)c2F)CCCN1.Cl. The third kappa shape index (κ3) is 4.36. The van der Waals surface area contributed by atoms with Gasteiger partial charge in [-0.2, -0.15) is 0 Å². The molecule has 5 nitrogen and oxygen atoms in total. The number of nitrogens with one attached hydrogen (secondary N) is 2. The molecule has 0 radical (unpaired) electrons. The van der Waals surface area contributed by atoms with Crippen molar-refractivity contribution in [3.05, 3.63) is 29.6 Å². The molecule has 0 saturated carbocycles. The summed E-state index contributed by atoms with van der Waals surface area (Å²) < 4.78 is 71.2. The fourth-order valence-corrected chi connectivity index (χ4v) is 3.69. The second kappa shape index (κ2) is 7.80. The summed E-state index contributed by atoms with van der Waals surface area (Å²) in [6.07, 6.45) is 1.54. The number of hydrogen-bond donors (Lipinski definition) is 2. The number of benzene rings is 1. The number of ether oxygens (including phenoxy) is 1. The summed E-state index contributed by atoms with van der Waals surface area (Å²) in [5.74, 6) is -4.98. The van der Waals surface area contributed by atoms with Crippen LogP contribution in [0.5, 0.6) is 0 Å². The van der Waals surface area contributed by atoms with E-state index in [1.165, 1.54) is 7.11 Å². The summed E-state index contributed by atoms with van der Waals surface area (Å²) in [4.78, 5) is -0.919. The minimum absolute atomic E-state index is 0. The minimum atomic E-state index is -4.30. The van der Waals surface area contributed by atoms with Crippen molar-refractivity contribution in [2.45, 2.75) is 23.3 Å². The Morgan fingerprint density at radius 1 is 1.30 bits per heavy atom. The second-order valence-corrected chi connectivity index (χ2v) is 6.98. The van der Waals surface area contributed by atoms with Crippen molar-refractivity contribution in [2.24, 2.45) is 0 Å². The highest BCUT2D eigenvalue weighted by Crippen LogP contribution is 2.22.